The normalized spacial score (nSPS) is 13.4. The summed E-state index contributed by atoms with van der Waals surface area (Å²) in [5.74, 6) is 0. The fourth-order valence-corrected chi connectivity index (χ4v) is 4.76. The Morgan fingerprint density at radius 1 is 1.17 bits per heavy atom. The fourth-order valence-electron chi connectivity index (χ4n) is 3.21. The number of carbonyl (C=O) groups is 1. The molecule has 8 nitrogen and oxygen atoms in total. The van der Waals surface area contributed by atoms with E-state index in [1.807, 2.05) is 13.0 Å². The van der Waals surface area contributed by atoms with Crippen LogP contribution in [0.3, 0.4) is 0 Å². The maximum Gasteiger partial charge on any atom is 0.516 e. The first-order valence-corrected chi connectivity index (χ1v) is 10.5. The number of carbonyl (C=O) groups excluding carboxylic acids is 1. The minimum Gasteiger partial charge on any atom is -0.434 e. The summed E-state index contributed by atoms with van der Waals surface area (Å²) in [6, 6.07) is 13.8. The molecular formula is C20H19N3O5S. The van der Waals surface area contributed by atoms with Crippen molar-refractivity contribution in [2.45, 2.75) is 25.3 Å². The third kappa shape index (κ3) is 3.33. The van der Waals surface area contributed by atoms with Crippen molar-refractivity contribution in [3.8, 4) is 0 Å². The number of hydrogen-bond acceptors (Lipinski definition) is 7. The highest BCUT2D eigenvalue weighted by atomic mass is 32.2. The average molecular weight is 413 g/mol. The van der Waals surface area contributed by atoms with Gasteiger partial charge in [0.1, 0.15) is 0 Å². The van der Waals surface area contributed by atoms with Gasteiger partial charge in [0.25, 0.3) is 10.0 Å². The second-order valence-corrected chi connectivity index (χ2v) is 8.24. The first-order chi connectivity index (χ1) is 13.9. The van der Waals surface area contributed by atoms with Gasteiger partial charge in [-0.15, -0.1) is 0 Å². The van der Waals surface area contributed by atoms with Crippen LogP contribution in [0.4, 0.5) is 10.5 Å². The van der Waals surface area contributed by atoms with E-state index in [1.54, 1.807) is 49.4 Å². The standard InChI is InChI=1S/C20H19N3O5S/c1-3-27-20(24)28-19-21-12-17-18(22-19)15-6-4-5-7-16(15)23(17)29(25,26)14-10-8-13(2)9-11-14/h4-11H,3,12H2,1-2H3,(H,21,22). The SMILES string of the molecule is CCOC(=O)OC1=NCc2c(c3ccccc3n2S(=O)(=O)c2ccc(C)cc2)N1. The van der Waals surface area contributed by atoms with Crippen molar-refractivity contribution in [3.05, 3.63) is 59.8 Å². The second kappa shape index (κ2) is 7.25. The lowest BCUT2D eigenvalue weighted by atomic mass is 10.2. The minimum atomic E-state index is -3.85. The number of ether oxygens (including phenoxy) is 2. The van der Waals surface area contributed by atoms with Gasteiger partial charge in [-0.3, -0.25) is 0 Å². The summed E-state index contributed by atoms with van der Waals surface area (Å²) in [5, 5.41) is 3.60. The van der Waals surface area contributed by atoms with Crippen molar-refractivity contribution in [1.29, 1.82) is 0 Å². The number of amidine groups is 1. The highest BCUT2D eigenvalue weighted by Crippen LogP contribution is 2.36. The van der Waals surface area contributed by atoms with E-state index in [-0.39, 0.29) is 24.1 Å². The van der Waals surface area contributed by atoms with Crippen molar-refractivity contribution in [2.24, 2.45) is 4.99 Å². The summed E-state index contributed by atoms with van der Waals surface area (Å²) in [6.07, 6.45) is -0.877. The van der Waals surface area contributed by atoms with Gasteiger partial charge in [0, 0.05) is 5.39 Å². The molecule has 3 aromatic rings. The summed E-state index contributed by atoms with van der Waals surface area (Å²) in [6.45, 7) is 3.76. The van der Waals surface area contributed by atoms with Gasteiger partial charge in [-0.05, 0) is 32.0 Å². The molecule has 1 aromatic heterocycles. The van der Waals surface area contributed by atoms with Crippen LogP contribution >= 0.6 is 0 Å². The molecule has 0 bridgehead atoms. The van der Waals surface area contributed by atoms with Gasteiger partial charge >= 0.3 is 12.2 Å². The highest BCUT2D eigenvalue weighted by molar-refractivity contribution is 7.90. The first kappa shape index (κ1) is 19.0. The van der Waals surface area contributed by atoms with Gasteiger partial charge in [0.2, 0.25) is 0 Å². The molecule has 150 valence electrons. The molecule has 2 aromatic carbocycles. The molecule has 2 heterocycles. The van der Waals surface area contributed by atoms with Crippen LogP contribution < -0.4 is 5.32 Å². The number of nitrogens with one attached hydrogen (secondary N) is 1. The van der Waals surface area contributed by atoms with Gasteiger partial charge in [0.05, 0.1) is 34.9 Å². The Balaban J connectivity index is 1.82. The number of para-hydroxylation sites is 1. The molecular weight excluding hydrogens is 394 g/mol. The topological polar surface area (TPSA) is 99.0 Å². The maximum atomic E-state index is 13.4. The number of aryl methyl sites for hydroxylation is 1. The number of fused-ring (bicyclic) bond motifs is 3. The Hall–Kier alpha value is -3.33. The largest absolute Gasteiger partial charge is 0.516 e. The van der Waals surface area contributed by atoms with Crippen molar-refractivity contribution < 1.29 is 22.7 Å². The molecule has 0 amide bonds. The summed E-state index contributed by atoms with van der Waals surface area (Å²) in [4.78, 5) is 15.9. The zero-order chi connectivity index (χ0) is 20.6. The molecule has 29 heavy (non-hydrogen) atoms. The monoisotopic (exact) mass is 413 g/mol. The number of anilines is 1. The van der Waals surface area contributed by atoms with E-state index >= 15 is 0 Å². The van der Waals surface area contributed by atoms with Crippen LogP contribution in [-0.4, -0.2) is 31.2 Å². The van der Waals surface area contributed by atoms with E-state index in [1.165, 1.54) is 3.97 Å². The van der Waals surface area contributed by atoms with E-state index in [9.17, 15) is 13.2 Å². The first-order valence-electron chi connectivity index (χ1n) is 9.02. The van der Waals surface area contributed by atoms with Crippen molar-refractivity contribution >= 4 is 38.8 Å². The van der Waals surface area contributed by atoms with Crippen molar-refractivity contribution in [3.63, 3.8) is 0 Å². The zero-order valence-electron chi connectivity index (χ0n) is 15.9. The number of aromatic nitrogens is 1. The molecule has 0 fully saturated rings. The van der Waals surface area contributed by atoms with Crippen LogP contribution in [0.1, 0.15) is 18.2 Å². The number of rotatable bonds is 3. The van der Waals surface area contributed by atoms with Crippen LogP contribution in [0.15, 0.2) is 58.4 Å². The van der Waals surface area contributed by atoms with Crippen LogP contribution in [0.25, 0.3) is 10.9 Å². The van der Waals surface area contributed by atoms with E-state index in [2.05, 4.69) is 10.3 Å². The number of benzene rings is 2. The van der Waals surface area contributed by atoms with Crippen LogP contribution in [0.5, 0.6) is 0 Å². The van der Waals surface area contributed by atoms with Crippen molar-refractivity contribution in [2.75, 3.05) is 11.9 Å². The van der Waals surface area contributed by atoms with Gasteiger partial charge < -0.3 is 14.8 Å². The lowest BCUT2D eigenvalue weighted by molar-refractivity contribution is 0.100. The molecule has 0 saturated heterocycles. The Bertz CT molecular complexity index is 1230. The van der Waals surface area contributed by atoms with Crippen LogP contribution in [0, 0.1) is 6.92 Å². The molecule has 0 aliphatic carbocycles. The predicted molar refractivity (Wildman–Crippen MR) is 109 cm³/mol. The Kier molecular flexibility index (Phi) is 4.75. The van der Waals surface area contributed by atoms with E-state index in [0.29, 0.717) is 22.3 Å². The third-order valence-corrected chi connectivity index (χ3v) is 6.30. The lowest BCUT2D eigenvalue weighted by Gasteiger charge is -2.17. The highest BCUT2D eigenvalue weighted by Gasteiger charge is 2.30. The summed E-state index contributed by atoms with van der Waals surface area (Å²) in [5.41, 5.74) is 2.47. The molecule has 0 radical (unpaired) electrons. The average Bonchev–Trinajstić information content (AvgIpc) is 3.03. The minimum absolute atomic E-state index is 0.0246. The summed E-state index contributed by atoms with van der Waals surface area (Å²) >= 11 is 0. The fraction of sp³-hybridized carbons (Fsp3) is 0.200. The quantitative estimate of drug-likeness (QED) is 0.658. The van der Waals surface area contributed by atoms with Crippen LogP contribution in [-0.2, 0) is 26.0 Å². The molecule has 0 atom stereocenters. The molecule has 9 heteroatoms. The molecule has 0 unspecified atom stereocenters. The number of nitrogens with zero attached hydrogens (tertiary/aromatic N) is 2. The molecule has 1 aliphatic rings. The summed E-state index contributed by atoms with van der Waals surface area (Å²) in [7, 11) is -3.85. The number of hydrogen-bond donors (Lipinski definition) is 1. The van der Waals surface area contributed by atoms with Crippen LogP contribution in [0.2, 0.25) is 0 Å². The molecule has 1 aliphatic heterocycles. The van der Waals surface area contributed by atoms with E-state index in [0.717, 1.165) is 5.56 Å². The maximum absolute atomic E-state index is 13.4. The molecule has 0 spiro atoms. The van der Waals surface area contributed by atoms with Gasteiger partial charge in [-0.25, -0.2) is 22.2 Å². The Morgan fingerprint density at radius 2 is 1.90 bits per heavy atom. The Labute approximate surface area is 167 Å². The zero-order valence-corrected chi connectivity index (χ0v) is 16.7. The predicted octanol–water partition coefficient (Wildman–Crippen LogP) is 3.64. The van der Waals surface area contributed by atoms with Gasteiger partial charge in [0.15, 0.2) is 0 Å². The van der Waals surface area contributed by atoms with Gasteiger partial charge in [-0.2, -0.15) is 0 Å². The molecule has 4 rings (SSSR count). The smallest absolute Gasteiger partial charge is 0.434 e. The van der Waals surface area contributed by atoms with E-state index < -0.39 is 16.2 Å². The third-order valence-electron chi connectivity index (χ3n) is 4.53. The molecule has 0 saturated carbocycles. The van der Waals surface area contributed by atoms with Crippen molar-refractivity contribution in [1.82, 2.24) is 3.97 Å². The van der Waals surface area contributed by atoms with E-state index in [4.69, 9.17) is 9.47 Å². The summed E-state index contributed by atoms with van der Waals surface area (Å²) < 4.78 is 37.9. The Morgan fingerprint density at radius 3 is 2.62 bits per heavy atom. The van der Waals surface area contributed by atoms with Gasteiger partial charge in [-0.1, -0.05) is 35.9 Å². The molecule has 1 N–H and O–H groups in total. The second-order valence-electron chi connectivity index (χ2n) is 6.45. The lowest BCUT2D eigenvalue weighted by Crippen LogP contribution is -2.26. The number of aliphatic imine (C=N–C) groups is 1.